The molecule has 0 saturated carbocycles. The van der Waals surface area contributed by atoms with E-state index in [0.29, 0.717) is 6.07 Å². The molecule has 6 heteroatoms. The van der Waals surface area contributed by atoms with Crippen LogP contribution in [0.25, 0.3) is 0 Å². The smallest absolute Gasteiger partial charge is 0.313 e. The Hall–Kier alpha value is -1.43. The highest BCUT2D eigenvalue weighted by Gasteiger charge is 2.36. The summed E-state index contributed by atoms with van der Waals surface area (Å²) < 4.78 is 50.7. The maximum atomic E-state index is 13.2. The topological polar surface area (TPSA) is 29.1 Å². The second-order valence-electron chi connectivity index (χ2n) is 3.11. The Kier molecular flexibility index (Phi) is 3.64. The van der Waals surface area contributed by atoms with Gasteiger partial charge in [0.2, 0.25) is 0 Å². The van der Waals surface area contributed by atoms with Crippen LogP contribution >= 0.6 is 0 Å². The predicted octanol–water partition coefficient (Wildman–Crippen LogP) is 2.25. The quantitative estimate of drug-likeness (QED) is 0.643. The molecule has 0 spiro atoms. The van der Waals surface area contributed by atoms with Gasteiger partial charge in [-0.25, -0.2) is 4.39 Å². The van der Waals surface area contributed by atoms with Crippen molar-refractivity contribution in [1.29, 1.82) is 0 Å². The minimum absolute atomic E-state index is 0.343. The van der Waals surface area contributed by atoms with Crippen LogP contribution in [0.15, 0.2) is 18.2 Å². The minimum Gasteiger partial charge on any atom is -0.313 e. The van der Waals surface area contributed by atoms with Gasteiger partial charge in [-0.15, -0.1) is 0 Å². The summed E-state index contributed by atoms with van der Waals surface area (Å²) in [4.78, 5) is 11.3. The molecule has 0 aliphatic heterocycles. The number of likely N-dealkylation sites (N-methyl/N-ethyl adjacent to an activating group) is 1. The highest BCUT2D eigenvalue weighted by Crippen LogP contribution is 2.33. The Morgan fingerprint density at radius 1 is 1.38 bits per heavy atom. The molecule has 0 radical (unpaired) electrons. The Balaban J connectivity index is 3.30. The van der Waals surface area contributed by atoms with Crippen molar-refractivity contribution in [3.8, 4) is 0 Å². The van der Waals surface area contributed by atoms with Crippen molar-refractivity contribution < 1.29 is 22.4 Å². The number of hydrogen-bond acceptors (Lipinski definition) is 2. The first-order chi connectivity index (χ1) is 7.38. The van der Waals surface area contributed by atoms with E-state index < -0.39 is 28.9 Å². The Morgan fingerprint density at radius 3 is 2.50 bits per heavy atom. The first-order valence-corrected chi connectivity index (χ1v) is 4.41. The van der Waals surface area contributed by atoms with Gasteiger partial charge < -0.3 is 5.32 Å². The summed E-state index contributed by atoms with van der Waals surface area (Å²) in [7, 11) is 1.39. The van der Waals surface area contributed by atoms with Crippen LogP contribution in [0, 0.1) is 5.82 Å². The first kappa shape index (κ1) is 12.6. The highest BCUT2D eigenvalue weighted by molar-refractivity contribution is 5.99. The number of alkyl halides is 3. The molecule has 1 aromatic carbocycles. The summed E-state index contributed by atoms with van der Waals surface area (Å²) in [5, 5.41) is 2.39. The van der Waals surface area contributed by atoms with E-state index in [2.05, 4.69) is 5.32 Å². The summed E-state index contributed by atoms with van der Waals surface area (Å²) in [5.41, 5.74) is -2.16. The first-order valence-electron chi connectivity index (χ1n) is 4.41. The van der Waals surface area contributed by atoms with Crippen LogP contribution in [0.1, 0.15) is 15.9 Å². The Bertz CT molecular complexity index is 400. The summed E-state index contributed by atoms with van der Waals surface area (Å²) in [6.45, 7) is -0.343. The van der Waals surface area contributed by atoms with Gasteiger partial charge in [-0.1, -0.05) is 6.07 Å². The van der Waals surface area contributed by atoms with Crippen molar-refractivity contribution in [2.45, 2.75) is 6.18 Å². The molecule has 0 amide bonds. The van der Waals surface area contributed by atoms with Crippen LogP contribution in [-0.2, 0) is 6.18 Å². The predicted molar refractivity (Wildman–Crippen MR) is 49.7 cm³/mol. The third-order valence-corrected chi connectivity index (χ3v) is 1.94. The number of halogens is 4. The van der Waals surface area contributed by atoms with Crippen molar-refractivity contribution in [3.63, 3.8) is 0 Å². The van der Waals surface area contributed by atoms with Crippen molar-refractivity contribution in [3.05, 3.63) is 35.1 Å². The molecule has 0 unspecified atom stereocenters. The van der Waals surface area contributed by atoms with Crippen molar-refractivity contribution in [2.75, 3.05) is 13.6 Å². The number of benzene rings is 1. The van der Waals surface area contributed by atoms with Crippen LogP contribution in [0.5, 0.6) is 0 Å². The molecule has 0 saturated heterocycles. The zero-order valence-electron chi connectivity index (χ0n) is 8.36. The van der Waals surface area contributed by atoms with Gasteiger partial charge in [-0.2, -0.15) is 13.2 Å². The zero-order chi connectivity index (χ0) is 12.3. The van der Waals surface area contributed by atoms with Crippen LogP contribution in [-0.4, -0.2) is 19.4 Å². The van der Waals surface area contributed by atoms with Gasteiger partial charge in [0.1, 0.15) is 5.82 Å². The van der Waals surface area contributed by atoms with Gasteiger partial charge in [-0.3, -0.25) is 4.79 Å². The van der Waals surface area contributed by atoms with E-state index in [1.54, 1.807) is 0 Å². The standard InChI is InChI=1S/C10H9F4NO/c1-15-5-8(16)9-6(10(12,13)14)3-2-4-7(9)11/h2-4,15H,5H2,1H3. The lowest BCUT2D eigenvalue weighted by molar-refractivity contribution is -0.138. The molecule has 0 atom stereocenters. The third kappa shape index (κ3) is 2.57. The fourth-order valence-corrected chi connectivity index (χ4v) is 1.29. The van der Waals surface area contributed by atoms with Gasteiger partial charge >= 0.3 is 6.18 Å². The number of hydrogen-bond donors (Lipinski definition) is 1. The van der Waals surface area contributed by atoms with Crippen molar-refractivity contribution in [2.24, 2.45) is 0 Å². The number of ketones is 1. The van der Waals surface area contributed by atoms with Gasteiger partial charge in [0.15, 0.2) is 5.78 Å². The molecular weight excluding hydrogens is 226 g/mol. The molecule has 0 bridgehead atoms. The van der Waals surface area contributed by atoms with Gasteiger partial charge in [0, 0.05) is 0 Å². The number of carbonyl (C=O) groups excluding carboxylic acids is 1. The lowest BCUT2D eigenvalue weighted by atomic mass is 10.0. The van der Waals surface area contributed by atoms with Crippen molar-refractivity contribution >= 4 is 5.78 Å². The van der Waals surface area contributed by atoms with Gasteiger partial charge in [0.05, 0.1) is 17.7 Å². The lowest BCUT2D eigenvalue weighted by Gasteiger charge is -2.12. The highest BCUT2D eigenvalue weighted by atomic mass is 19.4. The van der Waals surface area contributed by atoms with Crippen LogP contribution in [0.2, 0.25) is 0 Å². The number of Topliss-reactive ketones (excluding diaryl/α,β-unsaturated/α-hetero) is 1. The zero-order valence-corrected chi connectivity index (χ0v) is 8.36. The molecule has 0 aromatic heterocycles. The van der Waals surface area contributed by atoms with E-state index in [-0.39, 0.29) is 6.54 Å². The number of nitrogens with one attached hydrogen (secondary N) is 1. The Labute approximate surface area is 89.3 Å². The second-order valence-corrected chi connectivity index (χ2v) is 3.11. The lowest BCUT2D eigenvalue weighted by Crippen LogP contribution is -2.23. The van der Waals surface area contributed by atoms with E-state index >= 15 is 0 Å². The van der Waals surface area contributed by atoms with E-state index in [1.165, 1.54) is 7.05 Å². The third-order valence-electron chi connectivity index (χ3n) is 1.94. The SMILES string of the molecule is CNCC(=O)c1c(F)cccc1C(F)(F)F. The normalized spacial score (nSPS) is 11.6. The van der Waals surface area contributed by atoms with E-state index in [9.17, 15) is 22.4 Å². The monoisotopic (exact) mass is 235 g/mol. The molecule has 0 aliphatic rings. The van der Waals surface area contributed by atoms with E-state index in [0.717, 1.165) is 12.1 Å². The van der Waals surface area contributed by atoms with Crippen LogP contribution in [0.4, 0.5) is 17.6 Å². The summed E-state index contributed by atoms with van der Waals surface area (Å²) in [6.07, 6.45) is -4.74. The maximum absolute atomic E-state index is 13.2. The molecule has 1 aromatic rings. The molecule has 16 heavy (non-hydrogen) atoms. The number of carbonyl (C=O) groups is 1. The molecule has 0 aliphatic carbocycles. The average molecular weight is 235 g/mol. The van der Waals surface area contributed by atoms with Gasteiger partial charge in [0.25, 0.3) is 0 Å². The molecule has 2 nitrogen and oxygen atoms in total. The summed E-state index contributed by atoms with van der Waals surface area (Å²) >= 11 is 0. The minimum atomic E-state index is -4.74. The summed E-state index contributed by atoms with van der Waals surface area (Å²) in [5.74, 6) is -2.08. The van der Waals surface area contributed by atoms with Crippen LogP contribution in [0.3, 0.4) is 0 Å². The Morgan fingerprint density at radius 2 is 2.00 bits per heavy atom. The molecular formula is C10H9F4NO. The fraction of sp³-hybridized carbons (Fsp3) is 0.300. The van der Waals surface area contributed by atoms with Crippen molar-refractivity contribution in [1.82, 2.24) is 5.32 Å². The molecule has 0 fully saturated rings. The largest absolute Gasteiger partial charge is 0.417 e. The molecule has 88 valence electrons. The molecule has 1 rings (SSSR count). The molecule has 0 heterocycles. The summed E-state index contributed by atoms with van der Waals surface area (Å²) in [6, 6.07) is 2.44. The van der Waals surface area contributed by atoms with Crippen LogP contribution < -0.4 is 5.32 Å². The van der Waals surface area contributed by atoms with Gasteiger partial charge in [-0.05, 0) is 19.2 Å². The van der Waals surface area contributed by atoms with E-state index in [1.807, 2.05) is 0 Å². The second kappa shape index (κ2) is 4.61. The fourth-order valence-electron chi connectivity index (χ4n) is 1.29. The average Bonchev–Trinajstić information content (AvgIpc) is 2.16. The molecule has 1 N–H and O–H groups in total. The van der Waals surface area contributed by atoms with E-state index in [4.69, 9.17) is 0 Å². The maximum Gasteiger partial charge on any atom is 0.417 e. The number of rotatable bonds is 3.